The maximum Gasteiger partial charge on any atom is 0.119 e. The lowest BCUT2D eigenvalue weighted by Gasteiger charge is -2.22. The van der Waals surface area contributed by atoms with E-state index < -0.39 is 0 Å². The first-order valence-corrected chi connectivity index (χ1v) is 6.59. The highest BCUT2D eigenvalue weighted by Gasteiger charge is 2.16. The van der Waals surface area contributed by atoms with Crippen LogP contribution in [0.5, 0.6) is 5.75 Å². The first kappa shape index (κ1) is 13.6. The molecule has 2 N–H and O–H groups in total. The molecule has 0 bridgehead atoms. The second-order valence-corrected chi connectivity index (χ2v) is 5.55. The van der Waals surface area contributed by atoms with Gasteiger partial charge in [-0.15, -0.1) is 0 Å². The third kappa shape index (κ3) is 3.83. The molecule has 0 aromatic heterocycles. The Labute approximate surface area is 115 Å². The van der Waals surface area contributed by atoms with Gasteiger partial charge in [0.2, 0.25) is 0 Å². The van der Waals surface area contributed by atoms with Crippen molar-refractivity contribution in [1.29, 1.82) is 0 Å². The van der Waals surface area contributed by atoms with Crippen LogP contribution in [0, 0.1) is 5.41 Å². The smallest absolute Gasteiger partial charge is 0.119 e. The van der Waals surface area contributed by atoms with E-state index in [1.807, 2.05) is 30.3 Å². The molecule has 0 aliphatic heterocycles. The van der Waals surface area contributed by atoms with Crippen molar-refractivity contribution in [1.82, 2.24) is 0 Å². The van der Waals surface area contributed by atoms with Gasteiger partial charge >= 0.3 is 0 Å². The van der Waals surface area contributed by atoms with Gasteiger partial charge in [-0.1, -0.05) is 56.3 Å². The Morgan fingerprint density at radius 1 is 0.895 bits per heavy atom. The minimum atomic E-state index is 0.0120. The molecule has 0 fully saturated rings. The van der Waals surface area contributed by atoms with Crippen molar-refractivity contribution in [3.05, 3.63) is 54.6 Å². The van der Waals surface area contributed by atoms with Gasteiger partial charge in [0.1, 0.15) is 5.75 Å². The van der Waals surface area contributed by atoms with Gasteiger partial charge in [0.25, 0.3) is 0 Å². The Morgan fingerprint density at radius 2 is 1.47 bits per heavy atom. The largest absolute Gasteiger partial charge is 0.493 e. The summed E-state index contributed by atoms with van der Waals surface area (Å²) in [5.41, 5.74) is 8.12. The van der Waals surface area contributed by atoms with Crippen LogP contribution >= 0.6 is 0 Å². The zero-order valence-corrected chi connectivity index (χ0v) is 11.6. The van der Waals surface area contributed by atoms with Crippen molar-refractivity contribution in [2.24, 2.45) is 11.1 Å². The molecule has 19 heavy (non-hydrogen) atoms. The molecule has 0 saturated heterocycles. The number of ether oxygens (including phenoxy) is 1. The number of nitrogens with two attached hydrogens (primary N) is 1. The summed E-state index contributed by atoms with van der Waals surface area (Å²) in [5, 5.41) is 0. The summed E-state index contributed by atoms with van der Waals surface area (Å²) in [6.07, 6.45) is 0. The van der Waals surface area contributed by atoms with E-state index >= 15 is 0 Å². The van der Waals surface area contributed by atoms with Crippen LogP contribution in [0.25, 0.3) is 11.1 Å². The average molecular weight is 255 g/mol. The number of hydrogen-bond acceptors (Lipinski definition) is 2. The van der Waals surface area contributed by atoms with E-state index in [0.29, 0.717) is 13.2 Å². The lowest BCUT2D eigenvalue weighted by molar-refractivity contribution is 0.187. The number of rotatable bonds is 5. The third-order valence-electron chi connectivity index (χ3n) is 3.14. The molecule has 2 aromatic carbocycles. The minimum absolute atomic E-state index is 0.0120. The molecule has 0 atom stereocenters. The van der Waals surface area contributed by atoms with Gasteiger partial charge < -0.3 is 10.5 Å². The van der Waals surface area contributed by atoms with Crippen molar-refractivity contribution < 1.29 is 4.74 Å². The van der Waals surface area contributed by atoms with E-state index in [2.05, 4.69) is 38.1 Å². The Kier molecular flexibility index (Phi) is 4.23. The molecular weight excluding hydrogens is 234 g/mol. The summed E-state index contributed by atoms with van der Waals surface area (Å²) in [6.45, 7) is 5.46. The fraction of sp³-hybridized carbons (Fsp3) is 0.294. The molecule has 0 amide bonds. The van der Waals surface area contributed by atoms with Gasteiger partial charge in [-0.05, 0) is 23.3 Å². The van der Waals surface area contributed by atoms with Gasteiger partial charge in [0, 0.05) is 12.0 Å². The molecule has 0 saturated carbocycles. The van der Waals surface area contributed by atoms with Crippen LogP contribution in [0.3, 0.4) is 0 Å². The SMILES string of the molecule is CC(C)(CN)COc1ccc(-c2ccccc2)cc1. The van der Waals surface area contributed by atoms with Crippen LogP contribution in [0.1, 0.15) is 13.8 Å². The molecule has 0 radical (unpaired) electrons. The fourth-order valence-electron chi connectivity index (χ4n) is 1.71. The van der Waals surface area contributed by atoms with Crippen molar-refractivity contribution >= 4 is 0 Å². The van der Waals surface area contributed by atoms with Crippen LogP contribution in [-0.4, -0.2) is 13.2 Å². The van der Waals surface area contributed by atoms with Crippen LogP contribution in [0.4, 0.5) is 0 Å². The quantitative estimate of drug-likeness (QED) is 0.883. The first-order chi connectivity index (χ1) is 9.11. The Morgan fingerprint density at radius 3 is 2.05 bits per heavy atom. The Balaban J connectivity index is 2.03. The maximum atomic E-state index is 5.77. The number of benzene rings is 2. The van der Waals surface area contributed by atoms with Crippen LogP contribution < -0.4 is 10.5 Å². The van der Waals surface area contributed by atoms with Gasteiger partial charge in [-0.3, -0.25) is 0 Å². The summed E-state index contributed by atoms with van der Waals surface area (Å²) in [7, 11) is 0. The highest BCUT2D eigenvalue weighted by molar-refractivity contribution is 5.63. The molecule has 0 unspecified atom stereocenters. The lowest BCUT2D eigenvalue weighted by atomic mass is 9.95. The molecule has 2 nitrogen and oxygen atoms in total. The van der Waals surface area contributed by atoms with Gasteiger partial charge in [-0.2, -0.15) is 0 Å². The molecule has 0 aliphatic carbocycles. The Bertz CT molecular complexity index is 503. The van der Waals surface area contributed by atoms with Crippen molar-refractivity contribution in [2.75, 3.05) is 13.2 Å². The lowest BCUT2D eigenvalue weighted by Crippen LogP contribution is -2.30. The number of hydrogen-bond donors (Lipinski definition) is 1. The maximum absolute atomic E-state index is 5.77. The topological polar surface area (TPSA) is 35.2 Å². The fourth-order valence-corrected chi connectivity index (χ4v) is 1.71. The molecular formula is C17H21NO. The van der Waals surface area contributed by atoms with E-state index in [1.54, 1.807) is 0 Å². The summed E-state index contributed by atoms with van der Waals surface area (Å²) >= 11 is 0. The normalized spacial score (nSPS) is 11.3. The second-order valence-electron chi connectivity index (χ2n) is 5.55. The van der Waals surface area contributed by atoms with E-state index in [0.717, 1.165) is 5.75 Å². The van der Waals surface area contributed by atoms with E-state index in [1.165, 1.54) is 11.1 Å². The van der Waals surface area contributed by atoms with Crippen molar-refractivity contribution in [3.63, 3.8) is 0 Å². The predicted octanol–water partition coefficient (Wildman–Crippen LogP) is 3.72. The molecule has 0 aliphatic rings. The third-order valence-corrected chi connectivity index (χ3v) is 3.14. The molecule has 2 rings (SSSR count). The highest BCUT2D eigenvalue weighted by atomic mass is 16.5. The van der Waals surface area contributed by atoms with Crippen LogP contribution in [0.15, 0.2) is 54.6 Å². The molecule has 100 valence electrons. The van der Waals surface area contributed by atoms with Gasteiger partial charge in [-0.25, -0.2) is 0 Å². The molecule has 0 spiro atoms. The zero-order valence-electron chi connectivity index (χ0n) is 11.6. The molecule has 2 aromatic rings. The van der Waals surface area contributed by atoms with Crippen molar-refractivity contribution in [3.8, 4) is 16.9 Å². The summed E-state index contributed by atoms with van der Waals surface area (Å²) in [4.78, 5) is 0. The zero-order chi connectivity index (χ0) is 13.7. The van der Waals surface area contributed by atoms with Crippen molar-refractivity contribution in [2.45, 2.75) is 13.8 Å². The Hall–Kier alpha value is -1.80. The second kappa shape index (κ2) is 5.89. The predicted molar refractivity (Wildman–Crippen MR) is 80.2 cm³/mol. The van der Waals surface area contributed by atoms with E-state index in [-0.39, 0.29) is 5.41 Å². The highest BCUT2D eigenvalue weighted by Crippen LogP contribution is 2.23. The van der Waals surface area contributed by atoms with E-state index in [4.69, 9.17) is 10.5 Å². The van der Waals surface area contributed by atoms with E-state index in [9.17, 15) is 0 Å². The summed E-state index contributed by atoms with van der Waals surface area (Å²) in [5.74, 6) is 0.890. The minimum Gasteiger partial charge on any atom is -0.493 e. The van der Waals surface area contributed by atoms with Crippen LogP contribution in [-0.2, 0) is 0 Å². The molecule has 2 heteroatoms. The summed E-state index contributed by atoms with van der Waals surface area (Å²) < 4.78 is 5.77. The standard InChI is InChI=1S/C17H21NO/c1-17(2,12-18)13-19-16-10-8-15(9-11-16)14-6-4-3-5-7-14/h3-11H,12-13,18H2,1-2H3. The first-order valence-electron chi connectivity index (χ1n) is 6.59. The molecule has 0 heterocycles. The van der Waals surface area contributed by atoms with Crippen LogP contribution in [0.2, 0.25) is 0 Å². The van der Waals surface area contributed by atoms with Gasteiger partial charge in [0.05, 0.1) is 6.61 Å². The summed E-state index contributed by atoms with van der Waals surface area (Å²) in [6, 6.07) is 18.5. The average Bonchev–Trinajstić information content (AvgIpc) is 2.47. The monoisotopic (exact) mass is 255 g/mol. The van der Waals surface area contributed by atoms with Gasteiger partial charge in [0.15, 0.2) is 0 Å².